The number of aromatic nitrogens is 2. The summed E-state index contributed by atoms with van der Waals surface area (Å²) >= 11 is 0.201. The zero-order valence-corrected chi connectivity index (χ0v) is 30.2. The molecule has 0 fully saturated rings. The molecule has 0 saturated carbocycles. The number of rotatable bonds is 4. The van der Waals surface area contributed by atoms with E-state index < -0.39 is 0 Å². The first-order valence-electron chi connectivity index (χ1n) is 17.8. The fraction of sp³-hybridized carbons (Fsp3) is 0. The van der Waals surface area contributed by atoms with Crippen LogP contribution in [0.4, 0.5) is 0 Å². The third-order valence-electron chi connectivity index (χ3n) is 10.8. The van der Waals surface area contributed by atoms with Crippen LogP contribution in [0, 0.1) is 11.3 Å². The zero-order valence-electron chi connectivity index (χ0n) is 28.5. The molecule has 4 heteroatoms. The molecule has 53 heavy (non-hydrogen) atoms. The fourth-order valence-electron chi connectivity index (χ4n) is 8.40. The van der Waals surface area contributed by atoms with Crippen molar-refractivity contribution in [3.63, 3.8) is 0 Å². The van der Waals surface area contributed by atoms with Crippen molar-refractivity contribution in [2.24, 2.45) is 0 Å². The van der Waals surface area contributed by atoms with Crippen molar-refractivity contribution >= 4 is 77.4 Å². The molecular formula is C49H29N3Se. The Morgan fingerprint density at radius 1 is 0.396 bits per heavy atom. The van der Waals surface area contributed by atoms with Crippen molar-refractivity contribution in [2.75, 3.05) is 0 Å². The van der Waals surface area contributed by atoms with Crippen molar-refractivity contribution in [3.8, 4) is 39.7 Å². The standard InChI is InChI=1S/C49H29N3Se/c50-30-35-23-26-47-48(39-17-6-9-20-46(39)53-47)49(35)52-43-19-8-5-16-38(43)41-29-34(22-25-45(41)52)33-21-24-44-40(28-33)37-15-4-7-18-42(37)51(44)36-14-10-13-32(27-36)31-11-2-1-3-12-31/h1-29H. The molecule has 11 rings (SSSR count). The number of nitrogens with zero attached hydrogens (tertiary/aromatic N) is 3. The molecule has 0 amide bonds. The Kier molecular flexibility index (Phi) is 6.63. The van der Waals surface area contributed by atoms with Gasteiger partial charge in [-0.3, -0.25) is 0 Å². The van der Waals surface area contributed by atoms with Crippen LogP contribution in [0.15, 0.2) is 176 Å². The van der Waals surface area contributed by atoms with Crippen molar-refractivity contribution in [2.45, 2.75) is 0 Å². The molecule has 0 aliphatic heterocycles. The Morgan fingerprint density at radius 3 is 1.68 bits per heavy atom. The molecule has 0 aliphatic carbocycles. The minimum atomic E-state index is 0.201. The van der Waals surface area contributed by atoms with Gasteiger partial charge in [-0.25, -0.2) is 0 Å². The van der Waals surface area contributed by atoms with Gasteiger partial charge in [-0.05, 0) is 29.3 Å². The van der Waals surface area contributed by atoms with Crippen LogP contribution >= 0.6 is 0 Å². The number of para-hydroxylation sites is 2. The molecule has 0 N–H and O–H groups in total. The Balaban J connectivity index is 1.11. The maximum atomic E-state index is 10.5. The molecule has 0 spiro atoms. The van der Waals surface area contributed by atoms with Gasteiger partial charge in [-0.15, -0.1) is 0 Å². The van der Waals surface area contributed by atoms with Crippen molar-refractivity contribution in [3.05, 3.63) is 181 Å². The number of fused-ring (bicyclic) bond motifs is 9. The van der Waals surface area contributed by atoms with E-state index in [9.17, 15) is 5.26 Å². The van der Waals surface area contributed by atoms with Gasteiger partial charge in [0, 0.05) is 5.69 Å². The Hall–Kier alpha value is -6.63. The van der Waals surface area contributed by atoms with Crippen molar-refractivity contribution < 1.29 is 0 Å². The Morgan fingerprint density at radius 2 is 0.962 bits per heavy atom. The molecule has 0 bridgehead atoms. The molecule has 0 unspecified atom stereocenters. The fourth-order valence-corrected chi connectivity index (χ4v) is 10.7. The first kappa shape index (κ1) is 30.0. The van der Waals surface area contributed by atoms with E-state index in [1.807, 2.05) is 6.07 Å². The van der Waals surface area contributed by atoms with Crippen LogP contribution in [0.2, 0.25) is 0 Å². The van der Waals surface area contributed by atoms with E-state index in [4.69, 9.17) is 0 Å². The van der Waals surface area contributed by atoms with Crippen molar-refractivity contribution in [1.82, 2.24) is 9.13 Å². The van der Waals surface area contributed by atoms with E-state index in [-0.39, 0.29) is 14.5 Å². The third-order valence-corrected chi connectivity index (χ3v) is 13.1. The summed E-state index contributed by atoms with van der Waals surface area (Å²) in [6, 6.07) is 65.9. The molecule has 11 aromatic rings. The van der Waals surface area contributed by atoms with Gasteiger partial charge in [0.25, 0.3) is 0 Å². The molecule has 8 aromatic carbocycles. The maximum absolute atomic E-state index is 10.5. The number of benzene rings is 8. The number of hydrogen-bond acceptors (Lipinski definition) is 1. The van der Waals surface area contributed by atoms with Gasteiger partial charge in [0.1, 0.15) is 0 Å². The second-order valence-electron chi connectivity index (χ2n) is 13.6. The Bertz CT molecular complexity index is 3300. The van der Waals surface area contributed by atoms with Crippen LogP contribution in [0.5, 0.6) is 0 Å². The van der Waals surface area contributed by atoms with Gasteiger partial charge in [0.15, 0.2) is 0 Å². The van der Waals surface area contributed by atoms with Gasteiger partial charge < -0.3 is 4.57 Å². The number of hydrogen-bond donors (Lipinski definition) is 0. The van der Waals surface area contributed by atoms with E-state index >= 15 is 0 Å². The first-order valence-corrected chi connectivity index (χ1v) is 19.5. The van der Waals surface area contributed by atoms with E-state index in [0.29, 0.717) is 5.56 Å². The van der Waals surface area contributed by atoms with Gasteiger partial charge in [-0.2, -0.15) is 0 Å². The normalized spacial score (nSPS) is 11.8. The molecule has 3 nitrogen and oxygen atoms in total. The molecule has 3 aromatic heterocycles. The quantitative estimate of drug-likeness (QED) is 0.166. The molecule has 246 valence electrons. The topological polar surface area (TPSA) is 33.6 Å². The predicted molar refractivity (Wildman–Crippen MR) is 223 cm³/mol. The van der Waals surface area contributed by atoms with Crippen LogP contribution in [0.3, 0.4) is 0 Å². The summed E-state index contributed by atoms with van der Waals surface area (Å²) in [5.74, 6) is 0. The summed E-state index contributed by atoms with van der Waals surface area (Å²) in [6.45, 7) is 0. The summed E-state index contributed by atoms with van der Waals surface area (Å²) in [6.07, 6.45) is 0. The minimum absolute atomic E-state index is 0.201. The molecule has 0 radical (unpaired) electrons. The van der Waals surface area contributed by atoms with Crippen LogP contribution in [-0.4, -0.2) is 23.6 Å². The molecule has 0 atom stereocenters. The second kappa shape index (κ2) is 11.7. The molecular weight excluding hydrogens is 710 g/mol. The molecule has 0 aliphatic rings. The van der Waals surface area contributed by atoms with Crippen LogP contribution in [-0.2, 0) is 0 Å². The van der Waals surface area contributed by atoms with E-state index in [2.05, 4.69) is 185 Å². The first-order chi connectivity index (χ1) is 26.2. The predicted octanol–water partition coefficient (Wildman–Crippen LogP) is 12.4. The van der Waals surface area contributed by atoms with Crippen molar-refractivity contribution in [1.29, 1.82) is 5.26 Å². The summed E-state index contributed by atoms with van der Waals surface area (Å²) in [5, 5.41) is 17.7. The molecule has 0 saturated heterocycles. The molecule has 3 heterocycles. The summed E-state index contributed by atoms with van der Waals surface area (Å²) in [5.41, 5.74) is 12.2. The van der Waals surface area contributed by atoms with Gasteiger partial charge >= 0.3 is 207 Å². The van der Waals surface area contributed by atoms with Gasteiger partial charge in [0.2, 0.25) is 0 Å². The zero-order chi connectivity index (χ0) is 35.0. The van der Waals surface area contributed by atoms with Crippen LogP contribution < -0.4 is 0 Å². The third kappa shape index (κ3) is 4.52. The average molecular weight is 739 g/mol. The monoisotopic (exact) mass is 739 g/mol. The number of nitriles is 1. The van der Waals surface area contributed by atoms with Gasteiger partial charge in [-0.1, -0.05) is 60.7 Å². The van der Waals surface area contributed by atoms with E-state index in [1.165, 1.54) is 68.6 Å². The second-order valence-corrected chi connectivity index (χ2v) is 15.9. The Labute approximate surface area is 311 Å². The summed E-state index contributed by atoms with van der Waals surface area (Å²) < 4.78 is 7.43. The van der Waals surface area contributed by atoms with E-state index in [1.54, 1.807) is 0 Å². The van der Waals surface area contributed by atoms with Crippen LogP contribution in [0.1, 0.15) is 5.56 Å². The van der Waals surface area contributed by atoms with Gasteiger partial charge in [0.05, 0.1) is 5.52 Å². The van der Waals surface area contributed by atoms with Crippen LogP contribution in [0.25, 0.3) is 96.5 Å². The summed E-state index contributed by atoms with van der Waals surface area (Å²) in [7, 11) is 0. The van der Waals surface area contributed by atoms with E-state index in [0.717, 1.165) is 28.0 Å². The SMILES string of the molecule is N#Cc1ccc2[se]c3ccccc3c2c1-n1c2ccccc2c2cc(-c3ccc4c(c3)c3ccccc3n4-c3cccc(-c4ccccc4)c3)ccc21. The summed E-state index contributed by atoms with van der Waals surface area (Å²) in [4.78, 5) is 0. The average Bonchev–Trinajstić information content (AvgIpc) is 3.88.